The number of carbonyl (C=O) groups is 1. The molecule has 0 N–H and O–H groups in total. The number of aryl methyl sites for hydroxylation is 4. The van der Waals surface area contributed by atoms with E-state index in [-0.39, 0.29) is 0 Å². The van der Waals surface area contributed by atoms with Gasteiger partial charge in [-0.1, -0.05) is 35.9 Å². The van der Waals surface area contributed by atoms with E-state index in [2.05, 4.69) is 69.5 Å². The van der Waals surface area contributed by atoms with Crippen LogP contribution in [0.2, 0.25) is 0 Å². The second-order valence-electron chi connectivity index (χ2n) is 6.82. The van der Waals surface area contributed by atoms with Crippen LogP contribution in [0, 0.1) is 27.7 Å². The van der Waals surface area contributed by atoms with Gasteiger partial charge in [-0.05, 0) is 56.0 Å². The van der Waals surface area contributed by atoms with E-state index in [4.69, 9.17) is 4.98 Å². The molecule has 0 aliphatic carbocycles. The normalized spacial score (nSPS) is 11.2. The average molecular weight is 360 g/mol. The Morgan fingerprint density at radius 3 is 2.46 bits per heavy atom. The van der Waals surface area contributed by atoms with Crippen molar-refractivity contribution in [1.29, 1.82) is 0 Å². The van der Waals surface area contributed by atoms with Crippen LogP contribution >= 0.6 is 11.3 Å². The molecular formula is C22H20N2OS. The molecule has 0 fully saturated rings. The quantitative estimate of drug-likeness (QED) is 0.434. The highest BCUT2D eigenvalue weighted by molar-refractivity contribution is 7.15. The maximum absolute atomic E-state index is 12.0. The predicted molar refractivity (Wildman–Crippen MR) is 108 cm³/mol. The summed E-state index contributed by atoms with van der Waals surface area (Å²) < 4.78 is 1.98. The zero-order valence-electron chi connectivity index (χ0n) is 15.3. The van der Waals surface area contributed by atoms with Gasteiger partial charge in [0.1, 0.15) is 11.4 Å². The molecule has 0 saturated heterocycles. The Morgan fingerprint density at radius 1 is 0.962 bits per heavy atom. The van der Waals surface area contributed by atoms with Crippen LogP contribution in [0.5, 0.6) is 0 Å². The first kappa shape index (κ1) is 16.7. The van der Waals surface area contributed by atoms with Gasteiger partial charge in [0.15, 0.2) is 11.2 Å². The first-order valence-corrected chi connectivity index (χ1v) is 9.48. The molecule has 2 heterocycles. The van der Waals surface area contributed by atoms with E-state index in [1.807, 2.05) is 4.40 Å². The number of carbonyl (C=O) groups excluding carboxylic acids is 1. The molecule has 3 nitrogen and oxygen atoms in total. The van der Waals surface area contributed by atoms with Crippen LogP contribution < -0.4 is 0 Å². The Morgan fingerprint density at radius 2 is 1.77 bits per heavy atom. The molecule has 4 heteroatoms. The Hall–Kier alpha value is -2.72. The lowest BCUT2D eigenvalue weighted by Crippen LogP contribution is -1.96. The summed E-state index contributed by atoms with van der Waals surface area (Å²) in [6, 6.07) is 12.6. The van der Waals surface area contributed by atoms with Crippen molar-refractivity contribution in [3.05, 3.63) is 69.7 Å². The molecule has 130 valence electrons. The van der Waals surface area contributed by atoms with Crippen LogP contribution in [0.25, 0.3) is 27.5 Å². The molecule has 0 atom stereocenters. The predicted octanol–water partition coefficient (Wildman–Crippen LogP) is 5.78. The maximum atomic E-state index is 12.0. The molecular weight excluding hydrogens is 340 g/mol. The molecule has 26 heavy (non-hydrogen) atoms. The van der Waals surface area contributed by atoms with Gasteiger partial charge in [-0.25, -0.2) is 4.98 Å². The summed E-state index contributed by atoms with van der Waals surface area (Å²) in [7, 11) is 0. The Labute approximate surface area is 157 Å². The number of aromatic nitrogens is 2. The van der Waals surface area contributed by atoms with Crippen LogP contribution in [0.15, 0.2) is 41.8 Å². The highest BCUT2D eigenvalue weighted by Crippen LogP contribution is 2.34. The van der Waals surface area contributed by atoms with Gasteiger partial charge in [-0.15, -0.1) is 11.3 Å². The fourth-order valence-corrected chi connectivity index (χ4v) is 4.27. The summed E-state index contributed by atoms with van der Waals surface area (Å²) in [5.41, 5.74) is 9.34. The van der Waals surface area contributed by atoms with Crippen molar-refractivity contribution in [1.82, 2.24) is 9.38 Å². The number of thiazole rings is 1. The largest absolute Gasteiger partial charge is 0.296 e. The van der Waals surface area contributed by atoms with Gasteiger partial charge < -0.3 is 0 Å². The maximum Gasteiger partial charge on any atom is 0.195 e. The van der Waals surface area contributed by atoms with Crippen LogP contribution in [0.3, 0.4) is 0 Å². The molecule has 2 aromatic heterocycles. The molecule has 0 aliphatic rings. The topological polar surface area (TPSA) is 34.4 Å². The molecule has 4 rings (SSSR count). The van der Waals surface area contributed by atoms with Gasteiger partial charge in [-0.3, -0.25) is 9.20 Å². The van der Waals surface area contributed by atoms with Crippen molar-refractivity contribution in [3.8, 4) is 22.5 Å². The second kappa shape index (κ2) is 6.22. The van der Waals surface area contributed by atoms with Crippen molar-refractivity contribution in [2.24, 2.45) is 0 Å². The summed E-state index contributed by atoms with van der Waals surface area (Å²) in [4.78, 5) is 17.6. The smallest absolute Gasteiger partial charge is 0.195 e. The van der Waals surface area contributed by atoms with Gasteiger partial charge in [0.25, 0.3) is 0 Å². The summed E-state index contributed by atoms with van der Waals surface area (Å²) in [6.45, 7) is 8.35. The van der Waals surface area contributed by atoms with Crippen molar-refractivity contribution < 1.29 is 4.79 Å². The van der Waals surface area contributed by atoms with Gasteiger partial charge in [-0.2, -0.15) is 0 Å². The lowest BCUT2D eigenvalue weighted by atomic mass is 10.0. The average Bonchev–Trinajstić information content (AvgIpc) is 3.16. The lowest BCUT2D eigenvalue weighted by molar-refractivity contribution is 0.111. The van der Waals surface area contributed by atoms with Crippen molar-refractivity contribution in [2.75, 3.05) is 0 Å². The standard InChI is InChI=1S/C22H20N2OS/c1-13-5-8-18(16(4)9-13)21-19(11-25)24-20(12-26-22(24)23-21)17-7-6-14(2)15(3)10-17/h5-12H,1-4H3. The minimum absolute atomic E-state index is 0.612. The van der Waals surface area contributed by atoms with E-state index in [1.54, 1.807) is 11.3 Å². The lowest BCUT2D eigenvalue weighted by Gasteiger charge is -2.07. The van der Waals surface area contributed by atoms with Crippen LogP contribution in [0.4, 0.5) is 0 Å². The van der Waals surface area contributed by atoms with Crippen molar-refractivity contribution in [2.45, 2.75) is 27.7 Å². The Bertz CT molecular complexity index is 1150. The number of benzene rings is 2. The van der Waals surface area contributed by atoms with Gasteiger partial charge >= 0.3 is 0 Å². The molecule has 0 aliphatic heterocycles. The highest BCUT2D eigenvalue weighted by atomic mass is 32.1. The molecule has 0 radical (unpaired) electrons. The van der Waals surface area contributed by atoms with E-state index in [1.165, 1.54) is 16.7 Å². The summed E-state index contributed by atoms with van der Waals surface area (Å²) in [5, 5.41) is 2.07. The van der Waals surface area contributed by atoms with Crippen LogP contribution in [-0.4, -0.2) is 15.7 Å². The second-order valence-corrected chi connectivity index (χ2v) is 7.66. The number of hydrogen-bond acceptors (Lipinski definition) is 3. The van der Waals surface area contributed by atoms with E-state index >= 15 is 0 Å². The number of aldehydes is 1. The van der Waals surface area contributed by atoms with Crippen molar-refractivity contribution in [3.63, 3.8) is 0 Å². The Balaban J connectivity index is 1.97. The van der Waals surface area contributed by atoms with Gasteiger partial charge in [0.05, 0.1) is 5.69 Å². The fourth-order valence-electron chi connectivity index (χ4n) is 3.37. The molecule has 0 amide bonds. The number of fused-ring (bicyclic) bond motifs is 1. The zero-order chi connectivity index (χ0) is 18.4. The number of rotatable bonds is 3. The Kier molecular flexibility index (Phi) is 4.00. The van der Waals surface area contributed by atoms with Crippen molar-refractivity contribution >= 4 is 22.6 Å². The SMILES string of the molecule is Cc1ccc(-c2nc3scc(-c4ccc(C)c(C)c4)n3c2C=O)c(C)c1. The number of nitrogens with zero attached hydrogens (tertiary/aromatic N) is 2. The minimum Gasteiger partial charge on any atom is -0.296 e. The van der Waals surface area contributed by atoms with E-state index in [0.717, 1.165) is 39.3 Å². The molecule has 0 unspecified atom stereocenters. The number of hydrogen-bond donors (Lipinski definition) is 0. The van der Waals surface area contributed by atoms with Crippen LogP contribution in [-0.2, 0) is 0 Å². The summed E-state index contributed by atoms with van der Waals surface area (Å²) in [6.07, 6.45) is 0.923. The van der Waals surface area contributed by atoms with Crippen LogP contribution in [0.1, 0.15) is 32.7 Å². The third kappa shape index (κ3) is 2.58. The molecule has 0 bridgehead atoms. The third-order valence-corrected chi connectivity index (χ3v) is 5.78. The zero-order valence-corrected chi connectivity index (χ0v) is 16.1. The first-order chi connectivity index (χ1) is 12.5. The molecule has 0 saturated carbocycles. The minimum atomic E-state index is 0.612. The molecule has 4 aromatic rings. The summed E-state index contributed by atoms with van der Waals surface area (Å²) >= 11 is 1.57. The number of imidazole rings is 1. The first-order valence-electron chi connectivity index (χ1n) is 8.60. The third-order valence-electron chi connectivity index (χ3n) is 4.95. The fraction of sp³-hybridized carbons (Fsp3) is 0.182. The highest BCUT2D eigenvalue weighted by Gasteiger charge is 2.19. The van der Waals surface area contributed by atoms with Gasteiger partial charge in [0, 0.05) is 10.9 Å². The van der Waals surface area contributed by atoms with Gasteiger partial charge in [0.2, 0.25) is 0 Å². The van der Waals surface area contributed by atoms with E-state index in [0.29, 0.717) is 5.69 Å². The van der Waals surface area contributed by atoms with E-state index < -0.39 is 0 Å². The molecule has 2 aromatic carbocycles. The summed E-state index contributed by atoms with van der Waals surface area (Å²) in [5.74, 6) is 0. The van der Waals surface area contributed by atoms with E-state index in [9.17, 15) is 4.79 Å². The monoisotopic (exact) mass is 360 g/mol. The molecule has 0 spiro atoms.